The summed E-state index contributed by atoms with van der Waals surface area (Å²) in [5.74, 6) is 4.74. The molecule has 0 unspecified atom stereocenters. The molecule has 35 heavy (non-hydrogen) atoms. The van der Waals surface area contributed by atoms with E-state index in [0.717, 1.165) is 54.2 Å². The first-order chi connectivity index (χ1) is 17.1. The molecule has 2 heteroatoms. The summed E-state index contributed by atoms with van der Waals surface area (Å²) in [6.07, 6.45) is 5.29. The van der Waals surface area contributed by atoms with E-state index in [4.69, 9.17) is 0 Å². The molecule has 0 saturated heterocycles. The quantitative estimate of drug-likeness (QED) is 0.189. The van der Waals surface area contributed by atoms with Gasteiger partial charge in [0.05, 0.1) is 0 Å². The SMILES string of the molecule is CCCCc1ccc(/C(F)=C(\F)c2ccc(C#Cc3ccc(CCC)cc3)c3ccccc23)cc1. The first-order valence-corrected chi connectivity index (χ1v) is 12.4. The van der Waals surface area contributed by atoms with Gasteiger partial charge in [-0.3, -0.25) is 0 Å². The van der Waals surface area contributed by atoms with E-state index in [9.17, 15) is 0 Å². The van der Waals surface area contributed by atoms with E-state index < -0.39 is 11.7 Å². The lowest BCUT2D eigenvalue weighted by Gasteiger charge is -2.09. The largest absolute Gasteiger partial charge is 0.203 e. The van der Waals surface area contributed by atoms with Crippen molar-refractivity contribution in [1.29, 1.82) is 0 Å². The summed E-state index contributed by atoms with van der Waals surface area (Å²) in [4.78, 5) is 0. The van der Waals surface area contributed by atoms with Crippen molar-refractivity contribution in [3.05, 3.63) is 118 Å². The second-order valence-corrected chi connectivity index (χ2v) is 8.83. The van der Waals surface area contributed by atoms with E-state index in [1.54, 1.807) is 24.3 Å². The second kappa shape index (κ2) is 11.6. The summed E-state index contributed by atoms with van der Waals surface area (Å²) >= 11 is 0. The highest BCUT2D eigenvalue weighted by Gasteiger charge is 2.15. The summed E-state index contributed by atoms with van der Waals surface area (Å²) < 4.78 is 30.6. The number of aryl methyl sites for hydroxylation is 2. The van der Waals surface area contributed by atoms with Crippen LogP contribution in [-0.2, 0) is 12.8 Å². The molecule has 0 spiro atoms. The van der Waals surface area contributed by atoms with Crippen molar-refractivity contribution in [1.82, 2.24) is 0 Å². The van der Waals surface area contributed by atoms with Crippen LogP contribution in [0, 0.1) is 11.8 Å². The van der Waals surface area contributed by atoms with Gasteiger partial charge in [-0.1, -0.05) is 105 Å². The third-order valence-corrected chi connectivity index (χ3v) is 6.21. The highest BCUT2D eigenvalue weighted by molar-refractivity contribution is 6.00. The smallest absolute Gasteiger partial charge is 0.167 e. The topological polar surface area (TPSA) is 0 Å². The Hall–Kier alpha value is -3.70. The summed E-state index contributed by atoms with van der Waals surface area (Å²) in [7, 11) is 0. The molecule has 0 saturated carbocycles. The van der Waals surface area contributed by atoms with Gasteiger partial charge in [0.15, 0.2) is 11.7 Å². The average molecular weight is 465 g/mol. The Morgan fingerprint density at radius 3 is 1.97 bits per heavy atom. The van der Waals surface area contributed by atoms with Crippen molar-refractivity contribution in [2.75, 3.05) is 0 Å². The van der Waals surface area contributed by atoms with Gasteiger partial charge in [-0.25, -0.2) is 8.78 Å². The van der Waals surface area contributed by atoms with E-state index in [-0.39, 0.29) is 11.1 Å². The second-order valence-electron chi connectivity index (χ2n) is 8.83. The molecule has 0 heterocycles. The van der Waals surface area contributed by atoms with Gasteiger partial charge in [-0.05, 0) is 59.4 Å². The van der Waals surface area contributed by atoms with Crippen molar-refractivity contribution in [2.24, 2.45) is 0 Å². The third kappa shape index (κ3) is 5.87. The number of halogens is 2. The molecule has 0 nitrogen and oxygen atoms in total. The lowest BCUT2D eigenvalue weighted by atomic mass is 9.97. The number of hydrogen-bond donors (Lipinski definition) is 0. The molecule has 176 valence electrons. The molecule has 0 fully saturated rings. The van der Waals surface area contributed by atoms with Crippen LogP contribution in [0.1, 0.15) is 66.5 Å². The van der Waals surface area contributed by atoms with E-state index in [1.165, 1.54) is 5.56 Å². The predicted molar refractivity (Wildman–Crippen MR) is 144 cm³/mol. The standard InChI is InChI=1S/C33H30F2/c1-3-5-9-25-17-20-28(21-18-25)32(34)33(35)31-23-22-27(29-10-6-7-11-30(29)31)19-16-26-14-12-24(8-4-2)13-15-26/h6-7,10-15,17-18,20-23H,3-5,8-9H2,1-2H3/b33-32+. The van der Waals surface area contributed by atoms with Crippen LogP contribution in [0.3, 0.4) is 0 Å². The van der Waals surface area contributed by atoms with E-state index >= 15 is 8.78 Å². The number of unbranched alkanes of at least 4 members (excludes halogenated alkanes) is 1. The maximum Gasteiger partial charge on any atom is 0.167 e. The van der Waals surface area contributed by atoms with E-state index in [1.807, 2.05) is 48.5 Å². The van der Waals surface area contributed by atoms with Crippen LogP contribution in [0.15, 0.2) is 84.9 Å². The molecule has 0 radical (unpaired) electrons. The fourth-order valence-electron chi connectivity index (χ4n) is 4.23. The van der Waals surface area contributed by atoms with Gasteiger partial charge >= 0.3 is 0 Å². The molecule has 4 aromatic rings. The van der Waals surface area contributed by atoms with Crippen molar-refractivity contribution in [2.45, 2.75) is 46.0 Å². The highest BCUT2D eigenvalue weighted by Crippen LogP contribution is 2.34. The lowest BCUT2D eigenvalue weighted by molar-refractivity contribution is 0.701. The Morgan fingerprint density at radius 1 is 0.629 bits per heavy atom. The van der Waals surface area contributed by atoms with Gasteiger partial charge in [-0.2, -0.15) is 0 Å². The van der Waals surface area contributed by atoms with Gasteiger partial charge in [-0.15, -0.1) is 0 Å². The summed E-state index contributed by atoms with van der Waals surface area (Å²) in [6.45, 7) is 4.30. The molecule has 4 rings (SSSR count). The van der Waals surface area contributed by atoms with E-state index in [0.29, 0.717) is 5.39 Å². The molecule has 0 bridgehead atoms. The minimum absolute atomic E-state index is 0.239. The zero-order chi connectivity index (χ0) is 24.6. The van der Waals surface area contributed by atoms with Gasteiger partial charge in [0.1, 0.15) is 0 Å². The third-order valence-electron chi connectivity index (χ3n) is 6.21. The highest BCUT2D eigenvalue weighted by atomic mass is 19.2. The molecule has 0 N–H and O–H groups in total. The number of benzene rings is 4. The summed E-state index contributed by atoms with van der Waals surface area (Å²) in [5, 5.41) is 1.45. The molecule has 0 aliphatic rings. The Labute approximate surface area is 207 Å². The molecule has 4 aromatic carbocycles. The normalized spacial score (nSPS) is 11.7. The van der Waals surface area contributed by atoms with Crippen LogP contribution in [0.5, 0.6) is 0 Å². The van der Waals surface area contributed by atoms with Crippen molar-refractivity contribution >= 4 is 22.4 Å². The zero-order valence-corrected chi connectivity index (χ0v) is 20.4. The molecule has 0 aliphatic heterocycles. The maximum absolute atomic E-state index is 15.4. The minimum Gasteiger partial charge on any atom is -0.203 e. The van der Waals surface area contributed by atoms with Crippen LogP contribution >= 0.6 is 0 Å². The Kier molecular flexibility index (Phi) is 8.11. The summed E-state index contributed by atoms with van der Waals surface area (Å²) in [6, 6.07) is 26.2. The fourth-order valence-corrected chi connectivity index (χ4v) is 4.23. The van der Waals surface area contributed by atoms with Crippen molar-refractivity contribution in [3.8, 4) is 11.8 Å². The zero-order valence-electron chi connectivity index (χ0n) is 20.4. The van der Waals surface area contributed by atoms with Crippen LogP contribution in [0.25, 0.3) is 22.4 Å². The van der Waals surface area contributed by atoms with Gasteiger partial charge < -0.3 is 0 Å². The Balaban J connectivity index is 1.67. The maximum atomic E-state index is 15.4. The molecule has 0 atom stereocenters. The Bertz CT molecular complexity index is 1380. The van der Waals surface area contributed by atoms with Crippen molar-refractivity contribution in [3.63, 3.8) is 0 Å². The average Bonchev–Trinajstić information content (AvgIpc) is 2.91. The van der Waals surface area contributed by atoms with E-state index in [2.05, 4.69) is 37.8 Å². The molecule has 0 aliphatic carbocycles. The van der Waals surface area contributed by atoms with Crippen LogP contribution < -0.4 is 0 Å². The van der Waals surface area contributed by atoms with Crippen LogP contribution in [-0.4, -0.2) is 0 Å². The van der Waals surface area contributed by atoms with Crippen molar-refractivity contribution < 1.29 is 8.78 Å². The van der Waals surface area contributed by atoms with Crippen LogP contribution in [0.2, 0.25) is 0 Å². The number of fused-ring (bicyclic) bond motifs is 1. The first kappa shape index (κ1) is 24.4. The van der Waals surface area contributed by atoms with Crippen LogP contribution in [0.4, 0.5) is 8.78 Å². The molecule has 0 aromatic heterocycles. The molecular weight excluding hydrogens is 434 g/mol. The molecular formula is C33H30F2. The minimum atomic E-state index is -0.853. The fraction of sp³-hybridized carbons (Fsp3) is 0.212. The monoisotopic (exact) mass is 464 g/mol. The number of hydrogen-bond acceptors (Lipinski definition) is 0. The van der Waals surface area contributed by atoms with Gasteiger partial charge in [0.2, 0.25) is 0 Å². The summed E-state index contributed by atoms with van der Waals surface area (Å²) in [5.41, 5.74) is 4.64. The van der Waals surface area contributed by atoms with Gasteiger partial charge in [0.25, 0.3) is 0 Å². The van der Waals surface area contributed by atoms with Gasteiger partial charge in [0, 0.05) is 22.3 Å². The first-order valence-electron chi connectivity index (χ1n) is 12.4. The predicted octanol–water partition coefficient (Wildman–Crippen LogP) is 9.30. The Morgan fingerprint density at radius 2 is 1.29 bits per heavy atom. The number of rotatable bonds is 7. The molecule has 0 amide bonds. The lowest BCUT2D eigenvalue weighted by Crippen LogP contribution is -1.90.